The van der Waals surface area contributed by atoms with Gasteiger partial charge in [0.05, 0.1) is 119 Å². The highest BCUT2D eigenvalue weighted by atomic mass is 19.4. The zero-order valence-electron chi connectivity index (χ0n) is 80.8. The number of likely N-dealkylation sites (N-methyl/N-ethyl adjacent to an activating group) is 2. The number of carbonyl (C=O) groups excluding carboxylic acids is 13. The van der Waals surface area contributed by atoms with Crippen LogP contribution in [0.25, 0.3) is 0 Å². The minimum Gasteiger partial charge on any atom is -0.495 e. The maximum atomic E-state index is 13.2. The number of fused-ring (bicyclic) bond motifs is 4. The fourth-order valence-corrected chi connectivity index (χ4v) is 17.1. The van der Waals surface area contributed by atoms with Gasteiger partial charge in [0.25, 0.3) is 41.4 Å². The Morgan fingerprint density at radius 3 is 1.21 bits per heavy atom. The smallest absolute Gasteiger partial charge is 0.490 e. The van der Waals surface area contributed by atoms with Crippen LogP contribution in [0.4, 0.5) is 59.5 Å². The molecule has 778 valence electrons. The summed E-state index contributed by atoms with van der Waals surface area (Å²) >= 11 is 0. The van der Waals surface area contributed by atoms with Gasteiger partial charge in [0.2, 0.25) is 47.3 Å². The van der Waals surface area contributed by atoms with Gasteiger partial charge in [0.1, 0.15) is 58.5 Å². The van der Waals surface area contributed by atoms with Crippen LogP contribution in [0.5, 0.6) is 23.0 Å². The molecule has 2 saturated carbocycles. The van der Waals surface area contributed by atoms with Crippen molar-refractivity contribution in [2.45, 2.75) is 172 Å². The number of hydrogen-bond donors (Lipinski definition) is 10. The van der Waals surface area contributed by atoms with Gasteiger partial charge in [-0.25, -0.2) is 19.6 Å². The number of carbonyl (C=O) groups is 15. The van der Waals surface area contributed by atoms with E-state index in [4.69, 9.17) is 73.0 Å². The van der Waals surface area contributed by atoms with E-state index in [9.17, 15) is 85.4 Å². The first-order valence-electron chi connectivity index (χ1n) is 47.5. The first-order chi connectivity index (χ1) is 69.3. The molecular weight excluding hydrogens is 1890 g/mol. The second-order valence-corrected chi connectivity index (χ2v) is 34.0. The number of aromatic carboxylic acids is 1. The lowest BCUT2D eigenvalue weighted by Gasteiger charge is -2.43. The number of piperidine rings is 2. The predicted molar refractivity (Wildman–Crippen MR) is 510 cm³/mol. The molecule has 4 aromatic carbocycles. The van der Waals surface area contributed by atoms with Gasteiger partial charge in [-0.2, -0.15) is 23.1 Å². The van der Waals surface area contributed by atoms with Crippen molar-refractivity contribution in [1.29, 1.82) is 0 Å². The molecule has 6 aliphatic heterocycles. The number of nitrogens with two attached hydrogens (primary N) is 1. The molecule has 0 radical (unpaired) electrons. The van der Waals surface area contributed by atoms with Gasteiger partial charge in [-0.1, -0.05) is 51.7 Å². The maximum absolute atomic E-state index is 13.2. The molecule has 2 aliphatic carbocycles. The molecule has 8 aliphatic rings. The van der Waals surface area contributed by atoms with E-state index in [0.29, 0.717) is 189 Å². The van der Waals surface area contributed by atoms with Gasteiger partial charge >= 0.3 is 18.1 Å². The zero-order valence-corrected chi connectivity index (χ0v) is 80.8. The molecule has 48 heteroatoms. The minimum atomic E-state index is -5.08. The monoisotopic (exact) mass is 2010 g/mol. The third-order valence-corrected chi connectivity index (χ3v) is 24.4. The Labute approximate surface area is 826 Å². The Kier molecular flexibility index (Phi) is 41.1. The second-order valence-electron chi connectivity index (χ2n) is 34.0. The Bertz CT molecular complexity index is 5590. The third kappa shape index (κ3) is 28.9. The van der Waals surface area contributed by atoms with Gasteiger partial charge in [-0.3, -0.25) is 82.8 Å². The first-order valence-corrected chi connectivity index (χ1v) is 47.5. The number of methoxy groups -OCH3 is 2. The van der Waals surface area contributed by atoms with E-state index in [1.54, 1.807) is 60.6 Å². The number of ether oxygens (including phenoxy) is 10. The van der Waals surface area contributed by atoms with Gasteiger partial charge in [0, 0.05) is 90.6 Å². The highest BCUT2D eigenvalue weighted by Gasteiger charge is 2.50. The summed E-state index contributed by atoms with van der Waals surface area (Å²) in [5.41, 5.74) is 8.57. The third-order valence-electron chi connectivity index (χ3n) is 24.4. The molecule has 13 amide bonds. The molecule has 0 spiro atoms. The molecule has 8 heterocycles. The number of carboxylic acid groups (broad SMARTS) is 2. The number of halogens is 3. The first kappa shape index (κ1) is 110. The number of nitrogens with one attached hydrogen (secondary N) is 7. The fourth-order valence-electron chi connectivity index (χ4n) is 17.1. The Morgan fingerprint density at radius 2 is 0.847 bits per heavy atom. The van der Waals surface area contributed by atoms with Crippen molar-refractivity contribution in [1.82, 2.24) is 56.3 Å². The molecule has 2 aromatic heterocycles. The lowest BCUT2D eigenvalue weighted by molar-refractivity contribution is -0.192. The predicted octanol–water partition coefficient (Wildman–Crippen LogP) is 6.32. The molecular formula is C96H121F3N18O27. The van der Waals surface area contributed by atoms with Gasteiger partial charge in [0.15, 0.2) is 24.8 Å². The van der Waals surface area contributed by atoms with Crippen LogP contribution < -0.4 is 81.5 Å². The van der Waals surface area contributed by atoms with Crippen LogP contribution in [0, 0.1) is 0 Å². The molecule has 11 N–H and O–H groups in total. The van der Waals surface area contributed by atoms with Crippen molar-refractivity contribution in [3.8, 4) is 23.0 Å². The minimum absolute atomic E-state index is 0.00489. The second kappa shape index (κ2) is 53.8. The number of anilines is 8. The number of aromatic nitrogens is 4. The number of nitrogens with zero attached hydrogens (tertiary/aromatic N) is 10. The summed E-state index contributed by atoms with van der Waals surface area (Å²) in [5.74, 6) is -6.65. The van der Waals surface area contributed by atoms with E-state index >= 15 is 0 Å². The number of hydrogen-bond acceptors (Lipinski definition) is 34. The molecule has 4 atom stereocenters. The van der Waals surface area contributed by atoms with E-state index in [1.165, 1.54) is 62.8 Å². The van der Waals surface area contributed by atoms with Gasteiger partial charge in [-0.15, -0.1) is 0 Å². The molecule has 6 aromatic rings. The van der Waals surface area contributed by atoms with Crippen molar-refractivity contribution in [3.05, 3.63) is 119 Å². The largest absolute Gasteiger partial charge is 0.495 e. The van der Waals surface area contributed by atoms with Crippen LogP contribution in [0.2, 0.25) is 0 Å². The van der Waals surface area contributed by atoms with E-state index < -0.39 is 95.9 Å². The van der Waals surface area contributed by atoms with Gasteiger partial charge < -0.3 is 109 Å². The van der Waals surface area contributed by atoms with Crippen molar-refractivity contribution < 1.29 is 143 Å². The average molecular weight is 2020 g/mol. The summed E-state index contributed by atoms with van der Waals surface area (Å²) in [6.07, 6.45) is 11.0. The van der Waals surface area contributed by atoms with E-state index in [2.05, 4.69) is 57.0 Å². The molecule has 45 nitrogen and oxygen atoms in total. The molecule has 0 bridgehead atoms. The van der Waals surface area contributed by atoms with Crippen LogP contribution in [0.1, 0.15) is 192 Å². The highest BCUT2D eigenvalue weighted by Crippen LogP contribution is 2.44. The van der Waals surface area contributed by atoms with Crippen LogP contribution in [0.15, 0.2) is 85.2 Å². The van der Waals surface area contributed by atoms with Crippen LogP contribution in [-0.4, -0.2) is 318 Å². The summed E-state index contributed by atoms with van der Waals surface area (Å²) in [6, 6.07) is 16.4. The maximum Gasteiger partial charge on any atom is 0.490 e. The number of aliphatic carboxylic acids is 1. The van der Waals surface area contributed by atoms with Crippen molar-refractivity contribution in [2.75, 3.05) is 177 Å². The lowest BCUT2D eigenvalue weighted by atomic mass is 10.0. The van der Waals surface area contributed by atoms with Crippen molar-refractivity contribution >= 4 is 135 Å². The Hall–Kier alpha value is -14.2. The number of benzene rings is 4. The van der Waals surface area contributed by atoms with Crippen LogP contribution >= 0.6 is 0 Å². The number of alkyl halides is 3. The summed E-state index contributed by atoms with van der Waals surface area (Å²) in [5, 5.41) is 35.4. The van der Waals surface area contributed by atoms with Gasteiger partial charge in [-0.05, 0) is 144 Å². The summed E-state index contributed by atoms with van der Waals surface area (Å²) in [6.45, 7) is 10.2. The van der Waals surface area contributed by atoms with E-state index in [0.717, 1.165) is 79.2 Å². The summed E-state index contributed by atoms with van der Waals surface area (Å²) < 4.78 is 86.8. The lowest BCUT2D eigenvalue weighted by Crippen LogP contribution is -2.55. The molecule has 2 saturated heterocycles. The standard InChI is InChI=1S/C47H59N9O12.C25H34N4O9.C22H27N5O4.C2HF3O2/c1-4-33-45(62)54(2)35-27-50-47(53-41(35)55(33)30-10-5-6-11-30)51-32-15-14-29(26-37(32)64-3)42(59)49-19-9-21-66-23-25-67-24-22-65-20-8-18-48-39(58)28-68-36-13-7-12-31-40(36)46(63)56(44(31)61)34-16-17-38(57)52-43(34)60;26-8-2-10-35-12-14-37-15-13-36-11-3-9-27-21(31)16-38-19-5-1-4-17-22(19)25(34)29(24(17)33)18-6-7-20(30)28-23(18)32;1-4-16-20(28)26(2)17-12-23-22(25-19(17)27(16)14-7-5-6-8-14)24-15-10-9-13(21(29)30)11-18(15)31-3;3-2(4,5)1(6)7/h7,12-15,26-27,30,33-34H,4-6,8-11,16-25,28H2,1-3H3,(H,48,58)(H,49,59)(H,50,51,53)(H,52,57,60);1,4-5,18H,2-3,6-16,26H2,(H,27,31)(H,28,30,32);9-12,14,16H,4-8H2,1-3H3,(H,29,30)(H,23,24,25);(H,6,7)/t33-,34?;;16-;/m1.1./s1. The topological polar surface area (TPSA) is 570 Å². The number of carboxylic acids is 2. The molecule has 4 fully saturated rings. The quantitative estimate of drug-likeness (QED) is 0.0147. The molecule has 2 unspecified atom stereocenters. The summed E-state index contributed by atoms with van der Waals surface area (Å²) in [4.78, 5) is 212. The number of rotatable bonds is 47. The molecule has 144 heavy (non-hydrogen) atoms. The van der Waals surface area contributed by atoms with Crippen molar-refractivity contribution in [2.24, 2.45) is 5.73 Å². The van der Waals surface area contributed by atoms with E-state index in [-0.39, 0.29) is 113 Å². The van der Waals surface area contributed by atoms with E-state index in [1.807, 2.05) is 13.8 Å². The van der Waals surface area contributed by atoms with Crippen LogP contribution in [-0.2, 0) is 71.6 Å². The number of imide groups is 4. The Morgan fingerprint density at radius 1 is 0.479 bits per heavy atom. The number of amides is 13. The average Bonchev–Trinajstić information content (AvgIpc) is 1.46. The Balaban J connectivity index is 0.000000218. The SMILES string of the molecule is CC[C@@H]1C(=O)N(C)c2cnc(Nc3ccc(C(=O)NCCCOCCOCCOCCCNC(=O)COc4cccc5c4C(=O)N(C4CCC(=O)NC4=O)C5=O)cc3OC)nc2N1C1CCCC1.CC[C@@H]1C(=O)N(C)c2cnc(Nc3ccc(C(=O)O)cc3OC)nc2N1C1CCCC1.NCCCOCCOCCOCCCNC(=O)COc1cccc2c1C(=O)N(C1CCC(=O)NC1=O)C2=O.O=C(O)C(F)(F)F. The normalized spacial score (nSPS) is 17.6. The zero-order chi connectivity index (χ0) is 104. The molecule has 14 rings (SSSR count). The highest BCUT2D eigenvalue weighted by molar-refractivity contribution is 6.26. The fraction of sp³-hybridized carbons (Fsp3) is 0.510. The van der Waals surface area contributed by atoms with Crippen molar-refractivity contribution in [3.63, 3.8) is 0 Å². The van der Waals surface area contributed by atoms with Crippen LogP contribution in [0.3, 0.4) is 0 Å². The summed E-state index contributed by atoms with van der Waals surface area (Å²) in [7, 11) is 6.54.